The van der Waals surface area contributed by atoms with Crippen LogP contribution in [0.25, 0.3) is 0 Å². The first kappa shape index (κ1) is 17.0. The maximum absolute atomic E-state index is 12.6. The Hall–Kier alpha value is -2.87. The number of rotatable bonds is 4. The van der Waals surface area contributed by atoms with E-state index in [1.807, 2.05) is 0 Å². The number of aliphatic hydroxyl groups is 1. The average Bonchev–Trinajstić information content (AvgIpc) is 3.09. The van der Waals surface area contributed by atoms with Crippen molar-refractivity contribution in [2.24, 2.45) is 7.05 Å². The van der Waals surface area contributed by atoms with E-state index in [0.717, 1.165) is 0 Å². The fraction of sp³-hybridized carbons (Fsp3) is 0.353. The van der Waals surface area contributed by atoms with Gasteiger partial charge < -0.3 is 19.8 Å². The molecule has 2 aromatic rings. The molecule has 1 aliphatic heterocycles. The molecular weight excluding hydrogens is 326 g/mol. The zero-order valence-corrected chi connectivity index (χ0v) is 13.9. The van der Waals surface area contributed by atoms with Crippen LogP contribution >= 0.6 is 0 Å². The Morgan fingerprint density at radius 2 is 1.92 bits per heavy atom. The number of hydrogen-bond acceptors (Lipinski definition) is 5. The number of carbonyl (C=O) groups is 2. The number of nitrogens with zero attached hydrogens (tertiary/aromatic N) is 3. The smallest absolute Gasteiger partial charge is 0.335 e. The van der Waals surface area contributed by atoms with Crippen LogP contribution in [0, 0.1) is 6.92 Å². The minimum absolute atomic E-state index is 0.156. The van der Waals surface area contributed by atoms with Crippen LogP contribution in [-0.2, 0) is 7.05 Å². The van der Waals surface area contributed by atoms with Gasteiger partial charge in [0.1, 0.15) is 18.0 Å². The van der Waals surface area contributed by atoms with Crippen LogP contribution in [0.2, 0.25) is 0 Å². The van der Waals surface area contributed by atoms with Gasteiger partial charge in [0, 0.05) is 13.2 Å². The van der Waals surface area contributed by atoms with Gasteiger partial charge in [0.2, 0.25) is 0 Å². The van der Waals surface area contributed by atoms with E-state index >= 15 is 0 Å². The van der Waals surface area contributed by atoms with Crippen molar-refractivity contribution in [2.75, 3.05) is 13.1 Å². The first-order valence-electron chi connectivity index (χ1n) is 7.82. The van der Waals surface area contributed by atoms with E-state index < -0.39 is 18.2 Å². The molecule has 132 valence electrons. The number of aromatic carboxylic acids is 1. The molecule has 1 aromatic heterocycles. The number of hydrogen-bond donors (Lipinski definition) is 2. The third-order valence-corrected chi connectivity index (χ3v) is 4.16. The summed E-state index contributed by atoms with van der Waals surface area (Å²) >= 11 is 0. The van der Waals surface area contributed by atoms with Crippen molar-refractivity contribution in [1.82, 2.24) is 14.7 Å². The minimum Gasteiger partial charge on any atom is -0.486 e. The number of aromatic nitrogens is 2. The Balaban J connectivity index is 1.68. The Labute approximate surface area is 144 Å². The van der Waals surface area contributed by atoms with Gasteiger partial charge in [-0.25, -0.2) is 4.79 Å². The molecule has 25 heavy (non-hydrogen) atoms. The molecule has 1 aliphatic rings. The van der Waals surface area contributed by atoms with E-state index in [1.54, 1.807) is 24.9 Å². The lowest BCUT2D eigenvalue weighted by Gasteiger charge is -2.17. The zero-order chi connectivity index (χ0) is 18.1. The average molecular weight is 345 g/mol. The van der Waals surface area contributed by atoms with Gasteiger partial charge >= 0.3 is 5.97 Å². The highest BCUT2D eigenvalue weighted by atomic mass is 16.5. The maximum Gasteiger partial charge on any atom is 0.335 e. The highest BCUT2D eigenvalue weighted by Crippen LogP contribution is 2.21. The van der Waals surface area contributed by atoms with Gasteiger partial charge in [-0.05, 0) is 31.2 Å². The molecule has 1 aromatic carbocycles. The largest absolute Gasteiger partial charge is 0.486 e. The highest BCUT2D eigenvalue weighted by Gasteiger charge is 2.36. The lowest BCUT2D eigenvalue weighted by Crippen LogP contribution is -2.31. The summed E-state index contributed by atoms with van der Waals surface area (Å²) in [5.74, 6) is -0.769. The minimum atomic E-state index is -1.02. The van der Waals surface area contributed by atoms with E-state index in [4.69, 9.17) is 9.84 Å². The Morgan fingerprint density at radius 3 is 2.48 bits per heavy atom. The number of aliphatic hydroxyl groups excluding tert-OH is 1. The summed E-state index contributed by atoms with van der Waals surface area (Å²) in [6, 6.07) is 5.93. The Bertz CT molecular complexity index is 799. The van der Waals surface area contributed by atoms with Gasteiger partial charge in [-0.2, -0.15) is 5.10 Å². The van der Waals surface area contributed by atoms with Crippen molar-refractivity contribution in [3.63, 3.8) is 0 Å². The summed E-state index contributed by atoms with van der Waals surface area (Å²) in [4.78, 5) is 25.0. The van der Waals surface area contributed by atoms with Crippen LogP contribution in [0.3, 0.4) is 0 Å². The predicted molar refractivity (Wildman–Crippen MR) is 87.7 cm³/mol. The molecule has 8 heteroatoms. The summed E-state index contributed by atoms with van der Waals surface area (Å²) in [5.41, 5.74) is 1.29. The summed E-state index contributed by atoms with van der Waals surface area (Å²) in [5, 5.41) is 23.3. The quantitative estimate of drug-likeness (QED) is 0.845. The molecule has 2 heterocycles. The van der Waals surface area contributed by atoms with E-state index in [9.17, 15) is 14.7 Å². The van der Waals surface area contributed by atoms with Crippen LogP contribution in [0.5, 0.6) is 5.75 Å². The van der Waals surface area contributed by atoms with Gasteiger partial charge in [0.15, 0.2) is 0 Å². The summed E-state index contributed by atoms with van der Waals surface area (Å²) < 4.78 is 7.29. The Morgan fingerprint density at radius 1 is 1.24 bits per heavy atom. The van der Waals surface area contributed by atoms with Crippen molar-refractivity contribution in [3.05, 3.63) is 47.3 Å². The molecule has 2 N–H and O–H groups in total. The third-order valence-electron chi connectivity index (χ3n) is 4.16. The lowest BCUT2D eigenvalue weighted by molar-refractivity contribution is 0.0693. The number of likely N-dealkylation sites (tertiary alicyclic amines) is 1. The first-order valence-corrected chi connectivity index (χ1v) is 7.82. The number of ether oxygens (including phenoxy) is 1. The number of aryl methyl sites for hydroxylation is 2. The molecule has 0 unspecified atom stereocenters. The van der Waals surface area contributed by atoms with Crippen molar-refractivity contribution in [1.29, 1.82) is 0 Å². The number of amides is 1. The van der Waals surface area contributed by atoms with Gasteiger partial charge in [0.25, 0.3) is 5.91 Å². The number of carboxylic acids is 1. The van der Waals surface area contributed by atoms with E-state index in [0.29, 0.717) is 17.0 Å². The lowest BCUT2D eigenvalue weighted by atomic mass is 10.2. The Kier molecular flexibility index (Phi) is 4.45. The number of β-amino-alcohol motifs (C(OH)–C–C–N with tert-alkyl or cyclic N) is 1. The van der Waals surface area contributed by atoms with E-state index in [2.05, 4.69) is 5.10 Å². The number of benzene rings is 1. The summed E-state index contributed by atoms with van der Waals surface area (Å²) in [6.45, 7) is 2.18. The van der Waals surface area contributed by atoms with Gasteiger partial charge in [-0.3, -0.25) is 9.48 Å². The second-order valence-electron chi connectivity index (χ2n) is 6.07. The molecule has 0 spiro atoms. The number of carboxylic acid groups (broad SMARTS) is 1. The van der Waals surface area contributed by atoms with Crippen LogP contribution in [-0.4, -0.2) is 62.1 Å². The monoisotopic (exact) mass is 345 g/mol. The van der Waals surface area contributed by atoms with Crippen LogP contribution < -0.4 is 4.74 Å². The normalized spacial score (nSPS) is 19.9. The van der Waals surface area contributed by atoms with Crippen molar-refractivity contribution in [3.8, 4) is 5.75 Å². The molecule has 1 fully saturated rings. The van der Waals surface area contributed by atoms with Gasteiger partial charge in [-0.15, -0.1) is 0 Å². The molecule has 3 rings (SSSR count). The standard InChI is InChI=1S/C17H19N3O5/c1-10-13(7-19(2)18-10)16(22)20-8-14(21)15(9-20)25-12-5-3-11(4-6-12)17(23)24/h3-7,14-15,21H,8-9H2,1-2H3,(H,23,24)/t14-,15-/m1/s1. The highest BCUT2D eigenvalue weighted by molar-refractivity contribution is 5.95. The second kappa shape index (κ2) is 6.56. The molecule has 0 saturated carbocycles. The molecular formula is C17H19N3O5. The maximum atomic E-state index is 12.6. The van der Waals surface area contributed by atoms with Crippen LogP contribution in [0.15, 0.2) is 30.5 Å². The first-order chi connectivity index (χ1) is 11.8. The number of carbonyl (C=O) groups excluding carboxylic acids is 1. The topological polar surface area (TPSA) is 105 Å². The second-order valence-corrected chi connectivity index (χ2v) is 6.07. The molecule has 0 bridgehead atoms. The van der Waals surface area contributed by atoms with Crippen LogP contribution in [0.4, 0.5) is 0 Å². The van der Waals surface area contributed by atoms with Crippen molar-refractivity contribution >= 4 is 11.9 Å². The molecule has 2 atom stereocenters. The molecule has 0 aliphatic carbocycles. The fourth-order valence-corrected chi connectivity index (χ4v) is 2.87. The van der Waals surface area contributed by atoms with Gasteiger partial charge in [-0.1, -0.05) is 0 Å². The van der Waals surface area contributed by atoms with Crippen molar-refractivity contribution < 1.29 is 24.5 Å². The van der Waals surface area contributed by atoms with Gasteiger partial charge in [0.05, 0.1) is 29.9 Å². The zero-order valence-electron chi connectivity index (χ0n) is 13.9. The summed E-state index contributed by atoms with van der Waals surface area (Å²) in [7, 11) is 1.75. The third kappa shape index (κ3) is 3.48. The van der Waals surface area contributed by atoms with E-state index in [1.165, 1.54) is 29.2 Å². The van der Waals surface area contributed by atoms with Crippen LogP contribution in [0.1, 0.15) is 26.4 Å². The SMILES string of the molecule is Cc1nn(C)cc1C(=O)N1C[C@@H](O)[C@H](Oc2ccc(C(=O)O)cc2)C1. The fourth-order valence-electron chi connectivity index (χ4n) is 2.87. The molecule has 0 radical (unpaired) electrons. The predicted octanol–water partition coefficient (Wildman–Crippen LogP) is 0.691. The van der Waals surface area contributed by atoms with Crippen molar-refractivity contribution in [2.45, 2.75) is 19.1 Å². The van der Waals surface area contributed by atoms with E-state index in [-0.39, 0.29) is 24.6 Å². The summed E-state index contributed by atoms with van der Waals surface area (Å²) in [6.07, 6.45) is 0.264. The molecule has 8 nitrogen and oxygen atoms in total. The molecule has 1 saturated heterocycles. The molecule has 1 amide bonds.